The van der Waals surface area contributed by atoms with Gasteiger partial charge in [-0.25, -0.2) is 4.39 Å². The Bertz CT molecular complexity index is 701. The molecule has 0 unspecified atom stereocenters. The Morgan fingerprint density at radius 1 is 1.14 bits per heavy atom. The normalized spacial score (nSPS) is 10.1. The van der Waals surface area contributed by atoms with Crippen LogP contribution in [-0.2, 0) is 9.59 Å². The number of nitrogens with one attached hydrogen (secondary N) is 1. The summed E-state index contributed by atoms with van der Waals surface area (Å²) in [6, 6.07) is 13.2. The van der Waals surface area contributed by atoms with Crippen LogP contribution in [-0.4, -0.2) is 18.4 Å². The fourth-order valence-electron chi connectivity index (χ4n) is 2.08. The molecule has 0 spiro atoms. The Morgan fingerprint density at radius 2 is 1.86 bits per heavy atom. The fourth-order valence-corrected chi connectivity index (χ4v) is 2.08. The van der Waals surface area contributed by atoms with Gasteiger partial charge in [-0.05, 0) is 36.8 Å². The number of carbonyl (C=O) groups is 2. The van der Waals surface area contributed by atoms with Crippen molar-refractivity contribution in [3.63, 3.8) is 0 Å². The number of rotatable bonds is 4. The second kappa shape index (κ2) is 6.85. The number of aryl methyl sites for hydroxylation is 1. The zero-order valence-electron chi connectivity index (χ0n) is 12.5. The largest absolute Gasteiger partial charge is 0.322 e. The van der Waals surface area contributed by atoms with Crippen LogP contribution in [0.3, 0.4) is 0 Å². The van der Waals surface area contributed by atoms with E-state index >= 15 is 0 Å². The molecule has 0 saturated heterocycles. The third-order valence-electron chi connectivity index (χ3n) is 3.14. The quantitative estimate of drug-likeness (QED) is 0.943. The number of benzene rings is 2. The maximum atomic E-state index is 13.5. The van der Waals surface area contributed by atoms with E-state index in [2.05, 4.69) is 5.32 Å². The van der Waals surface area contributed by atoms with Crippen LogP contribution in [0.15, 0.2) is 48.5 Å². The minimum atomic E-state index is -0.513. The molecule has 2 aromatic carbocycles. The lowest BCUT2D eigenvalue weighted by Crippen LogP contribution is -2.36. The first-order valence-electron chi connectivity index (χ1n) is 6.86. The van der Waals surface area contributed by atoms with E-state index in [-0.39, 0.29) is 18.1 Å². The van der Waals surface area contributed by atoms with Crippen LogP contribution in [0.2, 0.25) is 0 Å². The zero-order chi connectivity index (χ0) is 16.1. The molecule has 0 aliphatic rings. The third-order valence-corrected chi connectivity index (χ3v) is 3.14. The summed E-state index contributed by atoms with van der Waals surface area (Å²) in [6.07, 6.45) is 0. The molecule has 0 aliphatic carbocycles. The molecule has 0 aliphatic heterocycles. The molecule has 0 atom stereocenters. The molecule has 0 fully saturated rings. The summed E-state index contributed by atoms with van der Waals surface area (Å²) >= 11 is 0. The Hall–Kier alpha value is -2.69. The van der Waals surface area contributed by atoms with Gasteiger partial charge in [0.15, 0.2) is 0 Å². The number of para-hydroxylation sites is 1. The second-order valence-corrected chi connectivity index (χ2v) is 4.97. The van der Waals surface area contributed by atoms with Gasteiger partial charge >= 0.3 is 0 Å². The summed E-state index contributed by atoms with van der Waals surface area (Å²) in [4.78, 5) is 25.2. The summed E-state index contributed by atoms with van der Waals surface area (Å²) in [5, 5.41) is 2.47. The SMILES string of the molecule is CC(=O)N(CC(=O)Nc1ccccc1F)c1cccc(C)c1. The van der Waals surface area contributed by atoms with Crippen LogP contribution in [0, 0.1) is 12.7 Å². The van der Waals surface area contributed by atoms with Crippen LogP contribution in [0.4, 0.5) is 15.8 Å². The molecule has 0 bridgehead atoms. The number of halogens is 1. The lowest BCUT2D eigenvalue weighted by atomic mass is 10.2. The summed E-state index contributed by atoms with van der Waals surface area (Å²) in [5.74, 6) is -1.23. The minimum absolute atomic E-state index is 0.0974. The summed E-state index contributed by atoms with van der Waals surface area (Å²) in [7, 11) is 0. The van der Waals surface area contributed by atoms with Crippen molar-refractivity contribution in [2.75, 3.05) is 16.8 Å². The maximum absolute atomic E-state index is 13.5. The number of amides is 2. The Balaban J connectivity index is 2.13. The molecule has 114 valence electrons. The summed E-state index contributed by atoms with van der Waals surface area (Å²) < 4.78 is 13.5. The van der Waals surface area contributed by atoms with Gasteiger partial charge in [0.2, 0.25) is 11.8 Å². The van der Waals surface area contributed by atoms with Crippen molar-refractivity contribution in [3.8, 4) is 0 Å². The summed E-state index contributed by atoms with van der Waals surface area (Å²) in [5.41, 5.74) is 1.72. The summed E-state index contributed by atoms with van der Waals surface area (Å²) in [6.45, 7) is 3.12. The molecule has 22 heavy (non-hydrogen) atoms. The van der Waals surface area contributed by atoms with Gasteiger partial charge in [0.25, 0.3) is 0 Å². The molecule has 0 saturated carbocycles. The Labute approximate surface area is 128 Å². The molecule has 0 aromatic heterocycles. The van der Waals surface area contributed by atoms with Gasteiger partial charge in [-0.1, -0.05) is 24.3 Å². The van der Waals surface area contributed by atoms with E-state index in [9.17, 15) is 14.0 Å². The van der Waals surface area contributed by atoms with E-state index < -0.39 is 11.7 Å². The van der Waals surface area contributed by atoms with Crippen molar-refractivity contribution in [2.24, 2.45) is 0 Å². The average Bonchev–Trinajstić information content (AvgIpc) is 2.47. The van der Waals surface area contributed by atoms with Crippen molar-refractivity contribution in [1.82, 2.24) is 0 Å². The van der Waals surface area contributed by atoms with Crippen LogP contribution in [0.5, 0.6) is 0 Å². The van der Waals surface area contributed by atoms with Gasteiger partial charge < -0.3 is 10.2 Å². The first kappa shape index (κ1) is 15.7. The van der Waals surface area contributed by atoms with E-state index in [1.807, 2.05) is 25.1 Å². The molecule has 2 amide bonds. The van der Waals surface area contributed by atoms with E-state index in [1.54, 1.807) is 18.2 Å². The molecule has 1 N–H and O–H groups in total. The number of nitrogens with zero attached hydrogens (tertiary/aromatic N) is 1. The van der Waals surface area contributed by atoms with Crippen molar-refractivity contribution >= 4 is 23.2 Å². The van der Waals surface area contributed by atoms with Gasteiger partial charge in [0.05, 0.1) is 5.69 Å². The molecule has 5 heteroatoms. The molecule has 4 nitrogen and oxygen atoms in total. The van der Waals surface area contributed by atoms with E-state index in [1.165, 1.54) is 24.0 Å². The zero-order valence-corrected chi connectivity index (χ0v) is 12.5. The minimum Gasteiger partial charge on any atom is -0.322 e. The first-order valence-corrected chi connectivity index (χ1v) is 6.86. The van der Waals surface area contributed by atoms with Gasteiger partial charge in [-0.2, -0.15) is 0 Å². The van der Waals surface area contributed by atoms with Gasteiger partial charge in [0.1, 0.15) is 12.4 Å². The van der Waals surface area contributed by atoms with Crippen molar-refractivity contribution in [2.45, 2.75) is 13.8 Å². The monoisotopic (exact) mass is 300 g/mol. The number of hydrogen-bond acceptors (Lipinski definition) is 2. The lowest BCUT2D eigenvalue weighted by Gasteiger charge is -2.21. The fraction of sp³-hybridized carbons (Fsp3) is 0.176. The Kier molecular flexibility index (Phi) is 4.88. The van der Waals surface area contributed by atoms with Gasteiger partial charge in [0, 0.05) is 12.6 Å². The third kappa shape index (κ3) is 3.91. The van der Waals surface area contributed by atoms with Crippen molar-refractivity contribution in [3.05, 3.63) is 59.9 Å². The molecular formula is C17H17FN2O2. The standard InChI is InChI=1S/C17H17FN2O2/c1-12-6-5-7-14(10-12)20(13(2)21)11-17(22)19-16-9-4-3-8-15(16)18/h3-10H,11H2,1-2H3,(H,19,22). The molecule has 0 radical (unpaired) electrons. The average molecular weight is 300 g/mol. The number of hydrogen-bond donors (Lipinski definition) is 1. The van der Waals surface area contributed by atoms with Crippen LogP contribution in [0.1, 0.15) is 12.5 Å². The van der Waals surface area contributed by atoms with Crippen LogP contribution in [0.25, 0.3) is 0 Å². The number of carbonyl (C=O) groups excluding carboxylic acids is 2. The second-order valence-electron chi connectivity index (χ2n) is 4.97. The highest BCUT2D eigenvalue weighted by Crippen LogP contribution is 2.17. The first-order chi connectivity index (χ1) is 10.5. The highest BCUT2D eigenvalue weighted by atomic mass is 19.1. The van der Waals surface area contributed by atoms with E-state index in [0.29, 0.717) is 5.69 Å². The highest BCUT2D eigenvalue weighted by molar-refractivity contribution is 6.01. The molecule has 2 aromatic rings. The highest BCUT2D eigenvalue weighted by Gasteiger charge is 2.16. The van der Waals surface area contributed by atoms with Gasteiger partial charge in [-0.15, -0.1) is 0 Å². The lowest BCUT2D eigenvalue weighted by molar-refractivity contribution is -0.120. The topological polar surface area (TPSA) is 49.4 Å². The maximum Gasteiger partial charge on any atom is 0.244 e. The van der Waals surface area contributed by atoms with Gasteiger partial charge in [-0.3, -0.25) is 9.59 Å². The predicted octanol–water partition coefficient (Wildman–Crippen LogP) is 3.13. The van der Waals surface area contributed by atoms with Crippen molar-refractivity contribution in [1.29, 1.82) is 0 Å². The molecule has 0 heterocycles. The smallest absolute Gasteiger partial charge is 0.244 e. The van der Waals surface area contributed by atoms with Crippen LogP contribution >= 0.6 is 0 Å². The van der Waals surface area contributed by atoms with Crippen molar-refractivity contribution < 1.29 is 14.0 Å². The van der Waals surface area contributed by atoms with Crippen LogP contribution < -0.4 is 10.2 Å². The number of anilines is 2. The van der Waals surface area contributed by atoms with E-state index in [0.717, 1.165) is 5.56 Å². The predicted molar refractivity (Wildman–Crippen MR) is 84.2 cm³/mol. The Morgan fingerprint density at radius 3 is 2.50 bits per heavy atom. The van der Waals surface area contributed by atoms with E-state index in [4.69, 9.17) is 0 Å². The molecular weight excluding hydrogens is 283 g/mol. The molecule has 2 rings (SSSR count).